The Labute approximate surface area is 506 Å². The molecule has 0 atom stereocenters. The van der Waals surface area contributed by atoms with Gasteiger partial charge < -0.3 is 9.13 Å². The molecule has 10 nitrogen and oxygen atoms in total. The van der Waals surface area contributed by atoms with E-state index in [0.717, 1.165) is 127 Å². The maximum Gasteiger partial charge on any atom is 0.194 e. The summed E-state index contributed by atoms with van der Waals surface area (Å²) in [6, 6.07) is 89.4. The first-order valence-electron chi connectivity index (χ1n) is 28.5. The molecular formula is C78H44N10. The van der Waals surface area contributed by atoms with Gasteiger partial charge >= 0.3 is 0 Å². The first-order valence-corrected chi connectivity index (χ1v) is 28.5. The molecule has 0 fully saturated rings. The number of nitriles is 2. The minimum absolute atomic E-state index is 0.480. The van der Waals surface area contributed by atoms with Gasteiger partial charge in [-0.3, -0.25) is 4.98 Å². The number of benzene rings is 11. The first kappa shape index (κ1) is 52.0. The smallest absolute Gasteiger partial charge is 0.194 e. The predicted molar refractivity (Wildman–Crippen MR) is 352 cm³/mol. The molecule has 0 amide bonds. The van der Waals surface area contributed by atoms with Crippen LogP contribution in [0.15, 0.2) is 267 Å². The minimum atomic E-state index is 0.480. The normalized spacial score (nSPS) is 11.1. The second-order valence-electron chi connectivity index (χ2n) is 21.3. The Morgan fingerprint density at radius 1 is 0.318 bits per heavy atom. The summed E-state index contributed by atoms with van der Waals surface area (Å²) in [7, 11) is 0. The summed E-state index contributed by atoms with van der Waals surface area (Å²) in [6.45, 7) is 16.3. The topological polar surface area (TPSA) is 118 Å². The summed E-state index contributed by atoms with van der Waals surface area (Å²) in [4.78, 5) is 28.3. The second kappa shape index (κ2) is 21.7. The fraction of sp³-hybridized carbons (Fsp3) is 0. The maximum atomic E-state index is 10.4. The van der Waals surface area contributed by atoms with Gasteiger partial charge in [-0.2, -0.15) is 10.5 Å². The van der Waals surface area contributed by atoms with Crippen molar-refractivity contribution in [1.82, 2.24) is 29.1 Å². The molecular weight excluding hydrogens is 1080 g/mol. The van der Waals surface area contributed by atoms with Gasteiger partial charge in [0.2, 0.25) is 0 Å². The van der Waals surface area contributed by atoms with Crippen molar-refractivity contribution in [2.75, 3.05) is 0 Å². The third-order valence-electron chi connectivity index (χ3n) is 16.4. The molecule has 88 heavy (non-hydrogen) atoms. The molecule has 0 aliphatic heterocycles. The monoisotopic (exact) mass is 1120 g/mol. The fourth-order valence-corrected chi connectivity index (χ4v) is 12.3. The van der Waals surface area contributed by atoms with E-state index in [1.54, 1.807) is 0 Å². The van der Waals surface area contributed by atoms with Gasteiger partial charge in [0.1, 0.15) is 0 Å². The second-order valence-corrected chi connectivity index (χ2v) is 21.3. The molecule has 0 aliphatic rings. The molecule has 0 radical (unpaired) electrons. The number of nitrogens with zero attached hydrogens (tertiary/aromatic N) is 10. The molecule has 0 unspecified atom stereocenters. The summed E-state index contributed by atoms with van der Waals surface area (Å²) in [5.41, 5.74) is 18.6. The van der Waals surface area contributed by atoms with Crippen molar-refractivity contribution >= 4 is 55.0 Å². The fourth-order valence-electron chi connectivity index (χ4n) is 12.3. The standard InChI is InChI=1S/C78H44N10/c1-81-68-27-15-13-25-60(68)53-32-37-71-65(43-53)63-41-51(58-23-11-9-21-56(58)46-79)30-35-70(63)87(71)74-39-40-83-48-67(74)62-34-29-55(78-85-76(49-17-5-3-6-18-49)84-77(86-78)50-19-7-4-8-20-50)45-75(62)88-72-36-31-52(59-24-12-10-22-57(59)47-80)42-64(72)66-44-54(33-38-73(66)88)61-26-14-16-28-69(61)82-2/h3-45,48H. The minimum Gasteiger partial charge on any atom is -0.309 e. The number of fused-ring (bicyclic) bond motifs is 6. The SMILES string of the molecule is [C-]#[N+]c1ccccc1-c1ccc2c(c1)c1cc(-c3ccccc3C#N)ccc1n2-c1ccncc1-c1ccc(-c2nc(-c3ccccc3)nc(-c3ccccc3)n2)cc1-n1c2ccc(-c3ccccc3C#N)cc2c2cc(-c3ccccc3[N+]#[C-])ccc21. The quantitative estimate of drug-likeness (QED) is 0.126. The van der Waals surface area contributed by atoms with Crippen LogP contribution in [-0.4, -0.2) is 29.1 Å². The van der Waals surface area contributed by atoms with Gasteiger partial charge in [-0.05, 0) is 117 Å². The molecule has 10 heteroatoms. The van der Waals surface area contributed by atoms with E-state index in [1.807, 2.05) is 170 Å². The number of hydrogen-bond acceptors (Lipinski definition) is 6. The molecule has 0 aliphatic carbocycles. The van der Waals surface area contributed by atoms with Crippen LogP contribution >= 0.6 is 0 Å². The number of pyridine rings is 1. The van der Waals surface area contributed by atoms with Gasteiger partial charge in [0.15, 0.2) is 28.8 Å². The molecule has 0 spiro atoms. The predicted octanol–water partition coefficient (Wildman–Crippen LogP) is 19.6. The zero-order valence-electron chi connectivity index (χ0n) is 46.9. The van der Waals surface area contributed by atoms with Crippen LogP contribution in [0.5, 0.6) is 0 Å². The highest BCUT2D eigenvalue weighted by atomic mass is 15.0. The average molecular weight is 1120 g/mol. The zero-order chi connectivity index (χ0) is 59.2. The van der Waals surface area contributed by atoms with Crippen molar-refractivity contribution in [2.45, 2.75) is 0 Å². The number of hydrogen-bond donors (Lipinski definition) is 0. The molecule has 15 aromatic rings. The zero-order valence-corrected chi connectivity index (χ0v) is 46.9. The number of aromatic nitrogens is 6. The van der Waals surface area contributed by atoms with Crippen LogP contribution in [-0.2, 0) is 0 Å². The Hall–Kier alpha value is -12.9. The molecule has 15 rings (SSSR count). The third-order valence-corrected chi connectivity index (χ3v) is 16.4. The Balaban J connectivity index is 1.03. The molecule has 4 heterocycles. The van der Waals surface area contributed by atoms with Crippen LogP contribution in [0.2, 0.25) is 0 Å². The molecule has 11 aromatic carbocycles. The van der Waals surface area contributed by atoms with E-state index in [-0.39, 0.29) is 0 Å². The van der Waals surface area contributed by atoms with E-state index < -0.39 is 0 Å². The largest absolute Gasteiger partial charge is 0.309 e. The van der Waals surface area contributed by atoms with E-state index in [4.69, 9.17) is 33.1 Å². The molecule has 0 N–H and O–H groups in total. The van der Waals surface area contributed by atoms with Crippen molar-refractivity contribution in [3.05, 3.63) is 301 Å². The molecule has 406 valence electrons. The Bertz CT molecular complexity index is 5230. The van der Waals surface area contributed by atoms with Crippen molar-refractivity contribution in [2.24, 2.45) is 0 Å². The van der Waals surface area contributed by atoms with Crippen molar-refractivity contribution < 1.29 is 0 Å². The van der Waals surface area contributed by atoms with Crippen molar-refractivity contribution in [3.63, 3.8) is 0 Å². The van der Waals surface area contributed by atoms with Crippen LogP contribution in [0, 0.1) is 35.8 Å². The Morgan fingerprint density at radius 2 is 0.693 bits per heavy atom. The van der Waals surface area contributed by atoms with Crippen LogP contribution < -0.4 is 0 Å². The van der Waals surface area contributed by atoms with Gasteiger partial charge in [0.25, 0.3) is 0 Å². The highest BCUT2D eigenvalue weighted by Crippen LogP contribution is 2.46. The lowest BCUT2D eigenvalue weighted by atomic mass is 9.97. The molecule has 0 saturated carbocycles. The maximum absolute atomic E-state index is 10.4. The Kier molecular flexibility index (Phi) is 12.8. The van der Waals surface area contributed by atoms with Crippen LogP contribution in [0.25, 0.3) is 154 Å². The average Bonchev–Trinajstić information content (AvgIpc) is 1.67. The lowest BCUT2D eigenvalue weighted by Crippen LogP contribution is -2.04. The third kappa shape index (κ3) is 8.87. The van der Waals surface area contributed by atoms with E-state index in [1.165, 1.54) is 0 Å². The molecule has 0 bridgehead atoms. The lowest BCUT2D eigenvalue weighted by Gasteiger charge is -2.19. The van der Waals surface area contributed by atoms with Crippen LogP contribution in [0.3, 0.4) is 0 Å². The molecule has 4 aromatic heterocycles. The number of para-hydroxylation sites is 2. The van der Waals surface area contributed by atoms with Gasteiger partial charge in [-0.25, -0.2) is 24.6 Å². The summed E-state index contributed by atoms with van der Waals surface area (Å²) in [5.74, 6) is 1.54. The number of rotatable bonds is 10. The highest BCUT2D eigenvalue weighted by molar-refractivity contribution is 6.14. The van der Waals surface area contributed by atoms with Gasteiger partial charge in [-0.1, -0.05) is 182 Å². The first-order chi connectivity index (χ1) is 43.5. The van der Waals surface area contributed by atoms with Crippen LogP contribution in [0.4, 0.5) is 11.4 Å². The van der Waals surface area contributed by atoms with E-state index in [2.05, 4.69) is 128 Å². The summed E-state index contributed by atoms with van der Waals surface area (Å²) >= 11 is 0. The highest BCUT2D eigenvalue weighted by Gasteiger charge is 2.25. The Morgan fingerprint density at radius 3 is 1.14 bits per heavy atom. The summed E-state index contributed by atoms with van der Waals surface area (Å²) < 4.78 is 4.59. The van der Waals surface area contributed by atoms with Gasteiger partial charge in [-0.15, -0.1) is 0 Å². The van der Waals surface area contributed by atoms with E-state index in [9.17, 15) is 10.5 Å². The van der Waals surface area contributed by atoms with E-state index >= 15 is 0 Å². The summed E-state index contributed by atoms with van der Waals surface area (Å²) in [6.07, 6.45) is 3.75. The molecule has 0 saturated heterocycles. The van der Waals surface area contributed by atoms with E-state index in [0.29, 0.717) is 40.0 Å². The van der Waals surface area contributed by atoms with Gasteiger partial charge in [0, 0.05) is 61.8 Å². The van der Waals surface area contributed by atoms with Crippen molar-refractivity contribution in [1.29, 1.82) is 10.5 Å². The van der Waals surface area contributed by atoms with Gasteiger partial charge in [0.05, 0.1) is 69.9 Å². The summed E-state index contributed by atoms with van der Waals surface area (Å²) in [5, 5.41) is 24.5. The van der Waals surface area contributed by atoms with Crippen molar-refractivity contribution in [3.8, 4) is 113 Å². The van der Waals surface area contributed by atoms with Crippen LogP contribution in [0.1, 0.15) is 11.1 Å². The lowest BCUT2D eigenvalue weighted by molar-refractivity contribution is 1.07.